The van der Waals surface area contributed by atoms with Crippen LogP contribution >= 0.6 is 0 Å². The van der Waals surface area contributed by atoms with Crippen molar-refractivity contribution in [1.82, 2.24) is 10.2 Å². The van der Waals surface area contributed by atoms with Gasteiger partial charge in [-0.3, -0.25) is 0 Å². The number of hydrogen-bond acceptors (Lipinski definition) is 3. The molecular formula is C14H28N2O. The zero-order chi connectivity index (χ0) is 11.9. The van der Waals surface area contributed by atoms with Gasteiger partial charge >= 0.3 is 0 Å². The van der Waals surface area contributed by atoms with E-state index in [9.17, 15) is 0 Å². The summed E-state index contributed by atoms with van der Waals surface area (Å²) in [4.78, 5) is 2.62. The van der Waals surface area contributed by atoms with E-state index in [1.165, 1.54) is 45.2 Å². The molecule has 1 aliphatic heterocycles. The van der Waals surface area contributed by atoms with E-state index in [0.717, 1.165) is 38.3 Å². The summed E-state index contributed by atoms with van der Waals surface area (Å²) in [6.07, 6.45) is 6.84. The molecule has 17 heavy (non-hydrogen) atoms. The van der Waals surface area contributed by atoms with Gasteiger partial charge in [-0.25, -0.2) is 0 Å². The van der Waals surface area contributed by atoms with Crippen LogP contribution in [0.3, 0.4) is 0 Å². The second kappa shape index (κ2) is 7.34. The van der Waals surface area contributed by atoms with Crippen LogP contribution in [0.1, 0.15) is 39.0 Å². The van der Waals surface area contributed by atoms with Gasteiger partial charge < -0.3 is 15.0 Å². The highest BCUT2D eigenvalue weighted by Gasteiger charge is 2.26. The molecule has 3 nitrogen and oxygen atoms in total. The summed E-state index contributed by atoms with van der Waals surface area (Å²) in [6.45, 7) is 8.87. The Hall–Kier alpha value is -0.120. The van der Waals surface area contributed by atoms with E-state index in [4.69, 9.17) is 4.74 Å². The third kappa shape index (κ3) is 4.23. The van der Waals surface area contributed by atoms with Gasteiger partial charge in [-0.15, -0.1) is 0 Å². The van der Waals surface area contributed by atoms with E-state index in [1.807, 2.05) is 0 Å². The molecule has 100 valence electrons. The zero-order valence-corrected chi connectivity index (χ0v) is 11.3. The van der Waals surface area contributed by atoms with Gasteiger partial charge in [0.15, 0.2) is 0 Å². The van der Waals surface area contributed by atoms with Gasteiger partial charge in [0.25, 0.3) is 0 Å². The predicted molar refractivity (Wildman–Crippen MR) is 71.3 cm³/mol. The maximum atomic E-state index is 5.53. The first-order valence-corrected chi connectivity index (χ1v) is 7.43. The molecule has 2 aliphatic rings. The maximum absolute atomic E-state index is 5.53. The van der Waals surface area contributed by atoms with Crippen LogP contribution in [0.15, 0.2) is 0 Å². The SMILES string of the molecule is CCNC1CCCCC1CN1CCCOCC1. The van der Waals surface area contributed by atoms with E-state index >= 15 is 0 Å². The van der Waals surface area contributed by atoms with Crippen molar-refractivity contribution in [2.45, 2.75) is 45.1 Å². The highest BCUT2D eigenvalue weighted by molar-refractivity contribution is 4.83. The molecule has 0 aromatic rings. The van der Waals surface area contributed by atoms with Crippen LogP contribution in [-0.2, 0) is 4.74 Å². The number of hydrogen-bond donors (Lipinski definition) is 1. The molecule has 1 heterocycles. The molecule has 0 aromatic heterocycles. The molecule has 2 atom stereocenters. The standard InChI is InChI=1S/C14H28N2O/c1-2-15-14-7-4-3-6-13(14)12-16-8-5-10-17-11-9-16/h13-15H,2-12H2,1H3. The van der Waals surface area contributed by atoms with Crippen LogP contribution in [-0.4, -0.2) is 50.3 Å². The average molecular weight is 240 g/mol. The van der Waals surface area contributed by atoms with Crippen molar-refractivity contribution in [1.29, 1.82) is 0 Å². The smallest absolute Gasteiger partial charge is 0.0593 e. The topological polar surface area (TPSA) is 24.5 Å². The lowest BCUT2D eigenvalue weighted by Gasteiger charge is -2.35. The number of ether oxygens (including phenoxy) is 1. The second-order valence-electron chi connectivity index (χ2n) is 5.48. The molecule has 1 N–H and O–H groups in total. The normalized spacial score (nSPS) is 32.3. The molecule has 2 fully saturated rings. The first-order chi connectivity index (χ1) is 8.40. The van der Waals surface area contributed by atoms with Crippen molar-refractivity contribution in [3.63, 3.8) is 0 Å². The summed E-state index contributed by atoms with van der Waals surface area (Å²) in [5.74, 6) is 0.863. The highest BCUT2D eigenvalue weighted by atomic mass is 16.5. The minimum atomic E-state index is 0.762. The Labute approximate surface area is 106 Å². The van der Waals surface area contributed by atoms with Crippen LogP contribution < -0.4 is 5.32 Å². The number of nitrogens with one attached hydrogen (secondary N) is 1. The fourth-order valence-electron chi connectivity index (χ4n) is 3.27. The van der Waals surface area contributed by atoms with Crippen molar-refractivity contribution in [3.05, 3.63) is 0 Å². The summed E-state index contributed by atoms with van der Waals surface area (Å²) >= 11 is 0. The van der Waals surface area contributed by atoms with Crippen molar-refractivity contribution >= 4 is 0 Å². The van der Waals surface area contributed by atoms with Crippen molar-refractivity contribution in [2.75, 3.05) is 39.4 Å². The van der Waals surface area contributed by atoms with E-state index in [2.05, 4.69) is 17.1 Å². The first kappa shape index (κ1) is 13.3. The third-order valence-electron chi connectivity index (χ3n) is 4.18. The van der Waals surface area contributed by atoms with E-state index in [-0.39, 0.29) is 0 Å². The fraction of sp³-hybridized carbons (Fsp3) is 1.00. The average Bonchev–Trinajstić information content (AvgIpc) is 2.61. The Morgan fingerprint density at radius 3 is 2.88 bits per heavy atom. The molecule has 1 saturated carbocycles. The van der Waals surface area contributed by atoms with Gasteiger partial charge in [-0.1, -0.05) is 19.8 Å². The van der Waals surface area contributed by atoms with Gasteiger partial charge in [0.2, 0.25) is 0 Å². The number of nitrogens with zero attached hydrogens (tertiary/aromatic N) is 1. The monoisotopic (exact) mass is 240 g/mol. The summed E-state index contributed by atoms with van der Waals surface area (Å²) in [5.41, 5.74) is 0. The van der Waals surface area contributed by atoms with Crippen LogP contribution in [0.5, 0.6) is 0 Å². The van der Waals surface area contributed by atoms with Crippen molar-refractivity contribution in [2.24, 2.45) is 5.92 Å². The van der Waals surface area contributed by atoms with Gasteiger partial charge in [-0.2, -0.15) is 0 Å². The minimum absolute atomic E-state index is 0.762. The Bertz CT molecular complexity index is 200. The van der Waals surface area contributed by atoms with Crippen LogP contribution in [0.25, 0.3) is 0 Å². The molecule has 0 amide bonds. The lowest BCUT2D eigenvalue weighted by Crippen LogP contribution is -2.44. The maximum Gasteiger partial charge on any atom is 0.0593 e. The number of rotatable bonds is 4. The zero-order valence-electron chi connectivity index (χ0n) is 11.3. The lowest BCUT2D eigenvalue weighted by atomic mass is 9.84. The van der Waals surface area contributed by atoms with Crippen LogP contribution in [0, 0.1) is 5.92 Å². The predicted octanol–water partition coefficient (Wildman–Crippen LogP) is 1.88. The molecule has 1 saturated heterocycles. The van der Waals surface area contributed by atoms with Crippen molar-refractivity contribution in [3.8, 4) is 0 Å². The molecule has 0 aromatic carbocycles. The molecule has 0 radical (unpaired) electrons. The largest absolute Gasteiger partial charge is 0.380 e. The van der Waals surface area contributed by atoms with Gasteiger partial charge in [0.1, 0.15) is 0 Å². The summed E-state index contributed by atoms with van der Waals surface area (Å²) in [5, 5.41) is 3.68. The van der Waals surface area contributed by atoms with E-state index in [0.29, 0.717) is 0 Å². The molecule has 2 unspecified atom stereocenters. The van der Waals surface area contributed by atoms with E-state index in [1.54, 1.807) is 0 Å². The lowest BCUT2D eigenvalue weighted by molar-refractivity contribution is 0.130. The fourth-order valence-corrected chi connectivity index (χ4v) is 3.27. The summed E-state index contributed by atoms with van der Waals surface area (Å²) in [7, 11) is 0. The Balaban J connectivity index is 1.81. The summed E-state index contributed by atoms with van der Waals surface area (Å²) in [6, 6.07) is 0.762. The first-order valence-electron chi connectivity index (χ1n) is 7.43. The molecular weight excluding hydrogens is 212 g/mol. The second-order valence-corrected chi connectivity index (χ2v) is 5.48. The summed E-state index contributed by atoms with van der Waals surface area (Å²) < 4.78 is 5.53. The van der Waals surface area contributed by atoms with Crippen LogP contribution in [0.4, 0.5) is 0 Å². The van der Waals surface area contributed by atoms with Crippen LogP contribution in [0.2, 0.25) is 0 Å². The molecule has 0 spiro atoms. The molecule has 0 bridgehead atoms. The Morgan fingerprint density at radius 2 is 2.00 bits per heavy atom. The van der Waals surface area contributed by atoms with E-state index < -0.39 is 0 Å². The van der Waals surface area contributed by atoms with Gasteiger partial charge in [0.05, 0.1) is 6.61 Å². The molecule has 1 aliphatic carbocycles. The Kier molecular flexibility index (Phi) is 5.75. The quantitative estimate of drug-likeness (QED) is 0.812. The minimum Gasteiger partial charge on any atom is -0.380 e. The Morgan fingerprint density at radius 1 is 1.12 bits per heavy atom. The molecule has 2 rings (SSSR count). The molecule has 3 heteroatoms. The van der Waals surface area contributed by atoms with Gasteiger partial charge in [0, 0.05) is 32.3 Å². The van der Waals surface area contributed by atoms with Crippen molar-refractivity contribution < 1.29 is 4.74 Å². The highest BCUT2D eigenvalue weighted by Crippen LogP contribution is 2.25. The van der Waals surface area contributed by atoms with Gasteiger partial charge in [-0.05, 0) is 31.7 Å². The third-order valence-corrected chi connectivity index (χ3v) is 4.18.